The maximum Gasteiger partial charge on any atom is 0.244 e. The molecule has 0 heterocycles. The Labute approximate surface area is 226 Å². The summed E-state index contributed by atoms with van der Waals surface area (Å²) >= 11 is 24.8. The SMILES string of the molecule is CCC(C)NC(=O)C(C)N(Cc1c(Cl)cccc1Cl)C(=O)CN(c1ccc(Cl)cc1Cl)S(C)(=O)=O. The van der Waals surface area contributed by atoms with Crippen LogP contribution in [0.4, 0.5) is 5.69 Å². The van der Waals surface area contributed by atoms with Gasteiger partial charge in [0.25, 0.3) is 0 Å². The molecule has 0 radical (unpaired) electrons. The molecule has 0 spiro atoms. The summed E-state index contributed by atoms with van der Waals surface area (Å²) in [6.07, 6.45) is 1.65. The molecule has 0 fully saturated rings. The zero-order valence-electron chi connectivity index (χ0n) is 19.7. The molecule has 2 atom stereocenters. The molecule has 2 rings (SSSR count). The van der Waals surface area contributed by atoms with Gasteiger partial charge >= 0.3 is 0 Å². The zero-order valence-corrected chi connectivity index (χ0v) is 23.5. The lowest BCUT2D eigenvalue weighted by Gasteiger charge is -2.32. The third-order valence-electron chi connectivity index (χ3n) is 5.42. The predicted molar refractivity (Wildman–Crippen MR) is 143 cm³/mol. The topological polar surface area (TPSA) is 86.8 Å². The van der Waals surface area contributed by atoms with Crippen LogP contribution in [-0.4, -0.2) is 50.0 Å². The molecule has 7 nitrogen and oxygen atoms in total. The molecule has 0 aliphatic heterocycles. The van der Waals surface area contributed by atoms with Crippen molar-refractivity contribution in [3.05, 3.63) is 62.1 Å². The van der Waals surface area contributed by atoms with Crippen LogP contribution in [0.1, 0.15) is 32.8 Å². The van der Waals surface area contributed by atoms with Crippen molar-refractivity contribution in [2.75, 3.05) is 17.1 Å². The van der Waals surface area contributed by atoms with Gasteiger partial charge < -0.3 is 10.2 Å². The van der Waals surface area contributed by atoms with Crippen LogP contribution in [0.25, 0.3) is 0 Å². The number of hydrogen-bond acceptors (Lipinski definition) is 4. The van der Waals surface area contributed by atoms with Crippen molar-refractivity contribution < 1.29 is 18.0 Å². The summed E-state index contributed by atoms with van der Waals surface area (Å²) in [4.78, 5) is 27.7. The maximum absolute atomic E-state index is 13.6. The molecule has 1 N–H and O–H groups in total. The van der Waals surface area contributed by atoms with Gasteiger partial charge in [0, 0.05) is 33.2 Å². The Morgan fingerprint density at radius 2 is 1.60 bits per heavy atom. The summed E-state index contributed by atoms with van der Waals surface area (Å²) in [5, 5.41) is 3.83. The van der Waals surface area contributed by atoms with Gasteiger partial charge in [-0.3, -0.25) is 13.9 Å². The Morgan fingerprint density at radius 3 is 2.11 bits per heavy atom. The molecule has 0 saturated carbocycles. The molecule has 192 valence electrons. The lowest BCUT2D eigenvalue weighted by Crippen LogP contribution is -2.52. The number of sulfonamides is 1. The number of rotatable bonds is 10. The summed E-state index contributed by atoms with van der Waals surface area (Å²) in [6, 6.07) is 8.08. The molecule has 0 aromatic heterocycles. The summed E-state index contributed by atoms with van der Waals surface area (Å²) in [6.45, 7) is 4.60. The summed E-state index contributed by atoms with van der Waals surface area (Å²) in [5.41, 5.74) is 0.516. The van der Waals surface area contributed by atoms with Gasteiger partial charge in [-0.25, -0.2) is 8.42 Å². The minimum atomic E-state index is -3.93. The minimum Gasteiger partial charge on any atom is -0.352 e. The van der Waals surface area contributed by atoms with Gasteiger partial charge in [0.05, 0.1) is 17.0 Å². The number of amides is 2. The molecular weight excluding hydrogens is 556 g/mol. The third kappa shape index (κ3) is 7.89. The minimum absolute atomic E-state index is 0.0546. The number of carbonyl (C=O) groups excluding carboxylic acids is 2. The van der Waals surface area contributed by atoms with E-state index in [-0.39, 0.29) is 23.3 Å². The van der Waals surface area contributed by atoms with Crippen molar-refractivity contribution in [3.8, 4) is 0 Å². The van der Waals surface area contributed by atoms with E-state index in [0.717, 1.165) is 10.6 Å². The van der Waals surface area contributed by atoms with Crippen LogP contribution in [0, 0.1) is 0 Å². The van der Waals surface area contributed by atoms with E-state index in [1.807, 2.05) is 13.8 Å². The van der Waals surface area contributed by atoms with Crippen LogP contribution in [0.3, 0.4) is 0 Å². The van der Waals surface area contributed by atoms with E-state index in [1.54, 1.807) is 25.1 Å². The second-order valence-corrected chi connectivity index (χ2v) is 11.6. The Bertz CT molecular complexity index is 1170. The van der Waals surface area contributed by atoms with Crippen molar-refractivity contribution in [3.63, 3.8) is 0 Å². The first-order chi connectivity index (χ1) is 16.3. The normalized spacial score (nSPS) is 13.1. The van der Waals surface area contributed by atoms with Crippen LogP contribution >= 0.6 is 46.4 Å². The first-order valence-corrected chi connectivity index (χ1v) is 14.1. The molecule has 35 heavy (non-hydrogen) atoms. The number of carbonyl (C=O) groups is 2. The van der Waals surface area contributed by atoms with Gasteiger partial charge in [0.1, 0.15) is 12.6 Å². The smallest absolute Gasteiger partial charge is 0.244 e. The van der Waals surface area contributed by atoms with Gasteiger partial charge in [-0.05, 0) is 50.6 Å². The first kappa shape index (κ1) is 29.5. The van der Waals surface area contributed by atoms with Gasteiger partial charge in [-0.1, -0.05) is 59.4 Å². The van der Waals surface area contributed by atoms with Gasteiger partial charge in [-0.2, -0.15) is 0 Å². The summed E-state index contributed by atoms with van der Waals surface area (Å²) < 4.78 is 26.1. The zero-order chi connectivity index (χ0) is 26.5. The van der Waals surface area contributed by atoms with Gasteiger partial charge in [-0.15, -0.1) is 0 Å². The van der Waals surface area contributed by atoms with Crippen LogP contribution in [0.2, 0.25) is 20.1 Å². The molecule has 2 amide bonds. The second kappa shape index (κ2) is 12.5. The van der Waals surface area contributed by atoms with Crippen molar-refractivity contribution in [1.29, 1.82) is 0 Å². The van der Waals surface area contributed by atoms with E-state index in [9.17, 15) is 18.0 Å². The fourth-order valence-electron chi connectivity index (χ4n) is 3.18. The van der Waals surface area contributed by atoms with Crippen LogP contribution in [0.5, 0.6) is 0 Å². The Hall–Kier alpha value is -1.71. The second-order valence-electron chi connectivity index (χ2n) is 8.08. The quantitative estimate of drug-likeness (QED) is 0.406. The van der Waals surface area contributed by atoms with Crippen molar-refractivity contribution in [2.45, 2.75) is 45.8 Å². The molecule has 0 saturated heterocycles. The average Bonchev–Trinajstić information content (AvgIpc) is 2.76. The predicted octanol–water partition coefficient (Wildman–Crippen LogP) is 5.40. The third-order valence-corrected chi connectivity index (χ3v) is 7.79. The Balaban J connectivity index is 2.48. The van der Waals surface area contributed by atoms with Crippen LogP contribution in [-0.2, 0) is 26.2 Å². The van der Waals surface area contributed by atoms with Gasteiger partial charge in [0.2, 0.25) is 21.8 Å². The summed E-state index contributed by atoms with van der Waals surface area (Å²) in [5.74, 6) is -1.05. The Kier molecular flexibility index (Phi) is 10.5. The number of nitrogens with zero attached hydrogens (tertiary/aromatic N) is 2. The number of nitrogens with one attached hydrogen (secondary N) is 1. The maximum atomic E-state index is 13.6. The molecule has 0 aliphatic rings. The van der Waals surface area contributed by atoms with E-state index in [2.05, 4.69) is 5.32 Å². The fourth-order valence-corrected chi connectivity index (χ4v) is 5.12. The molecule has 2 unspecified atom stereocenters. The molecule has 2 aromatic carbocycles. The van der Waals surface area contributed by atoms with Crippen LogP contribution < -0.4 is 9.62 Å². The monoisotopic (exact) mass is 581 g/mol. The molecule has 12 heteroatoms. The van der Waals surface area contributed by atoms with Crippen LogP contribution in [0.15, 0.2) is 36.4 Å². The van der Waals surface area contributed by atoms with E-state index in [0.29, 0.717) is 27.1 Å². The highest BCUT2D eigenvalue weighted by Gasteiger charge is 2.32. The van der Waals surface area contributed by atoms with E-state index >= 15 is 0 Å². The van der Waals surface area contributed by atoms with Gasteiger partial charge in [0.15, 0.2) is 0 Å². The summed E-state index contributed by atoms with van der Waals surface area (Å²) in [7, 11) is -3.93. The lowest BCUT2D eigenvalue weighted by atomic mass is 10.1. The number of anilines is 1. The standard InChI is InChI=1S/C23H27Cl4N3O4S/c1-5-14(2)28-23(32)15(3)29(12-17-18(25)7-6-8-19(17)26)22(31)13-30(35(4,33)34)21-10-9-16(24)11-20(21)27/h6-11,14-15H,5,12-13H2,1-4H3,(H,28,32). The molecule has 2 aromatic rings. The largest absolute Gasteiger partial charge is 0.352 e. The highest BCUT2D eigenvalue weighted by molar-refractivity contribution is 7.92. The van der Waals surface area contributed by atoms with Crippen molar-refractivity contribution in [1.82, 2.24) is 10.2 Å². The lowest BCUT2D eigenvalue weighted by molar-refractivity contribution is -0.139. The highest BCUT2D eigenvalue weighted by atomic mass is 35.5. The molecular formula is C23H27Cl4N3O4S. The van der Waals surface area contributed by atoms with E-state index in [1.165, 1.54) is 23.1 Å². The average molecular weight is 583 g/mol. The molecule has 0 bridgehead atoms. The van der Waals surface area contributed by atoms with E-state index in [4.69, 9.17) is 46.4 Å². The molecule has 0 aliphatic carbocycles. The number of benzene rings is 2. The number of hydrogen-bond donors (Lipinski definition) is 1. The van der Waals surface area contributed by atoms with E-state index < -0.39 is 34.4 Å². The first-order valence-electron chi connectivity index (χ1n) is 10.7. The highest BCUT2D eigenvalue weighted by Crippen LogP contribution is 2.31. The number of halogens is 4. The van der Waals surface area contributed by atoms with Crippen molar-refractivity contribution in [2.24, 2.45) is 0 Å². The fraction of sp³-hybridized carbons (Fsp3) is 0.391. The Morgan fingerprint density at radius 1 is 1.00 bits per heavy atom. The van der Waals surface area contributed by atoms with Crippen molar-refractivity contribution >= 4 is 73.9 Å².